The van der Waals surface area contributed by atoms with Crippen molar-refractivity contribution in [3.63, 3.8) is 0 Å². The quantitative estimate of drug-likeness (QED) is 0.377. The van der Waals surface area contributed by atoms with E-state index in [9.17, 15) is 14.0 Å². The van der Waals surface area contributed by atoms with Crippen LogP contribution >= 0.6 is 11.3 Å². The van der Waals surface area contributed by atoms with Crippen molar-refractivity contribution < 1.29 is 14.0 Å². The van der Waals surface area contributed by atoms with E-state index in [0.717, 1.165) is 26.9 Å². The Labute approximate surface area is 201 Å². The molecule has 0 spiro atoms. The van der Waals surface area contributed by atoms with Gasteiger partial charge in [0, 0.05) is 18.7 Å². The number of amides is 2. The number of aromatic nitrogens is 1. The standard InChI is InChI=1S/C27H24FN3O2S/c1-17-8-9-18(2)25-24(17)29-27(34-25)31(15-19-6-4-3-5-7-19)26(33)20-14-23(32)30(16-20)22-12-10-21(28)11-13-22/h3-13,20H,14-16H2,1-2H3. The van der Waals surface area contributed by atoms with E-state index < -0.39 is 5.92 Å². The van der Waals surface area contributed by atoms with E-state index in [1.165, 1.54) is 23.5 Å². The lowest BCUT2D eigenvalue weighted by molar-refractivity contribution is -0.124. The van der Waals surface area contributed by atoms with Gasteiger partial charge in [-0.25, -0.2) is 9.37 Å². The predicted octanol–water partition coefficient (Wildman–Crippen LogP) is 5.64. The topological polar surface area (TPSA) is 53.5 Å². The van der Waals surface area contributed by atoms with Gasteiger partial charge >= 0.3 is 0 Å². The molecule has 1 aliphatic rings. The summed E-state index contributed by atoms with van der Waals surface area (Å²) in [6.45, 7) is 4.70. The predicted molar refractivity (Wildman–Crippen MR) is 134 cm³/mol. The van der Waals surface area contributed by atoms with Crippen molar-refractivity contribution in [2.24, 2.45) is 5.92 Å². The van der Waals surface area contributed by atoms with Crippen LogP contribution in [-0.4, -0.2) is 23.3 Å². The number of aryl methyl sites for hydroxylation is 2. The third-order valence-corrected chi connectivity index (χ3v) is 7.44. The average Bonchev–Trinajstić information content (AvgIpc) is 3.46. The first-order chi connectivity index (χ1) is 16.4. The van der Waals surface area contributed by atoms with Gasteiger partial charge < -0.3 is 4.90 Å². The molecule has 1 fully saturated rings. The Kier molecular flexibility index (Phi) is 5.87. The van der Waals surface area contributed by atoms with E-state index in [4.69, 9.17) is 4.98 Å². The highest BCUT2D eigenvalue weighted by atomic mass is 32.1. The van der Waals surface area contributed by atoms with Gasteiger partial charge in [-0.1, -0.05) is 53.8 Å². The summed E-state index contributed by atoms with van der Waals surface area (Å²) in [5.41, 5.74) is 4.68. The fourth-order valence-corrected chi connectivity index (χ4v) is 5.45. The van der Waals surface area contributed by atoms with Crippen LogP contribution in [0.25, 0.3) is 10.2 Å². The van der Waals surface area contributed by atoms with Crippen LogP contribution in [0.2, 0.25) is 0 Å². The summed E-state index contributed by atoms with van der Waals surface area (Å²) in [6.07, 6.45) is 0.116. The number of fused-ring (bicyclic) bond motifs is 1. The van der Waals surface area contributed by atoms with Gasteiger partial charge in [-0.15, -0.1) is 0 Å². The maximum absolute atomic E-state index is 13.8. The third kappa shape index (κ3) is 4.19. The summed E-state index contributed by atoms with van der Waals surface area (Å²) in [5, 5.41) is 0.633. The van der Waals surface area contributed by atoms with Crippen LogP contribution < -0.4 is 9.80 Å². The number of carbonyl (C=O) groups is 2. The number of hydrogen-bond donors (Lipinski definition) is 0. The number of carbonyl (C=O) groups excluding carboxylic acids is 2. The second kappa shape index (κ2) is 8.99. The third-order valence-electron chi connectivity index (χ3n) is 6.22. The largest absolute Gasteiger partial charge is 0.312 e. The van der Waals surface area contributed by atoms with Crippen molar-refractivity contribution >= 4 is 44.2 Å². The minimum Gasteiger partial charge on any atom is -0.312 e. The maximum atomic E-state index is 13.8. The SMILES string of the molecule is Cc1ccc(C)c2sc(N(Cc3ccccc3)C(=O)C3CC(=O)N(c4ccc(F)cc4)C3)nc12. The van der Waals surface area contributed by atoms with Crippen molar-refractivity contribution in [1.82, 2.24) is 4.98 Å². The minimum atomic E-state index is -0.504. The monoisotopic (exact) mass is 473 g/mol. The van der Waals surface area contributed by atoms with Crippen LogP contribution in [0.1, 0.15) is 23.1 Å². The van der Waals surface area contributed by atoms with Crippen LogP contribution in [0, 0.1) is 25.6 Å². The van der Waals surface area contributed by atoms with Crippen LogP contribution in [0.5, 0.6) is 0 Å². The molecule has 0 aliphatic carbocycles. The van der Waals surface area contributed by atoms with E-state index in [2.05, 4.69) is 6.07 Å². The lowest BCUT2D eigenvalue weighted by Crippen LogP contribution is -2.37. The van der Waals surface area contributed by atoms with E-state index >= 15 is 0 Å². The van der Waals surface area contributed by atoms with E-state index in [-0.39, 0.29) is 30.6 Å². The molecule has 0 saturated carbocycles. The molecule has 2 heterocycles. The highest BCUT2D eigenvalue weighted by molar-refractivity contribution is 7.22. The molecule has 172 valence electrons. The Bertz CT molecular complexity index is 1330. The van der Waals surface area contributed by atoms with Crippen molar-refractivity contribution in [3.05, 3.63) is 89.2 Å². The summed E-state index contributed by atoms with van der Waals surface area (Å²) in [7, 11) is 0. The summed E-state index contributed by atoms with van der Waals surface area (Å²) in [6, 6.07) is 19.7. The van der Waals surface area contributed by atoms with Crippen molar-refractivity contribution in [2.45, 2.75) is 26.8 Å². The van der Waals surface area contributed by atoms with Gasteiger partial charge in [0.2, 0.25) is 11.8 Å². The molecule has 1 aliphatic heterocycles. The molecule has 5 rings (SSSR count). The highest BCUT2D eigenvalue weighted by Crippen LogP contribution is 2.36. The molecule has 2 amide bonds. The molecule has 34 heavy (non-hydrogen) atoms. The zero-order chi connectivity index (χ0) is 23.8. The fraction of sp³-hybridized carbons (Fsp3) is 0.222. The zero-order valence-electron chi connectivity index (χ0n) is 19.0. The molecular formula is C27H24FN3O2S. The fourth-order valence-electron chi connectivity index (χ4n) is 4.33. The van der Waals surface area contributed by atoms with Crippen molar-refractivity contribution in [1.29, 1.82) is 0 Å². The van der Waals surface area contributed by atoms with Gasteiger partial charge in [0.1, 0.15) is 5.82 Å². The summed E-state index contributed by atoms with van der Waals surface area (Å²) in [5.74, 6) is -1.13. The van der Waals surface area contributed by atoms with Gasteiger partial charge in [0.05, 0.1) is 22.7 Å². The van der Waals surface area contributed by atoms with Gasteiger partial charge in [0.15, 0.2) is 5.13 Å². The van der Waals surface area contributed by atoms with E-state index in [1.807, 2.05) is 50.2 Å². The number of rotatable bonds is 5. The van der Waals surface area contributed by atoms with Gasteiger partial charge in [-0.3, -0.25) is 14.5 Å². The number of hydrogen-bond acceptors (Lipinski definition) is 4. The molecule has 1 saturated heterocycles. The lowest BCUT2D eigenvalue weighted by Gasteiger charge is -2.23. The van der Waals surface area contributed by atoms with Gasteiger partial charge in [0.25, 0.3) is 0 Å². The first kappa shape index (κ1) is 22.2. The molecule has 7 heteroatoms. The summed E-state index contributed by atoms with van der Waals surface area (Å²) < 4.78 is 14.4. The molecule has 1 aromatic heterocycles. The Morgan fingerprint density at radius 1 is 1.06 bits per heavy atom. The number of halogens is 1. The Balaban J connectivity index is 1.49. The van der Waals surface area contributed by atoms with Crippen molar-refractivity contribution in [3.8, 4) is 0 Å². The summed E-state index contributed by atoms with van der Waals surface area (Å²) in [4.78, 5) is 34.7. The molecule has 3 aromatic carbocycles. The maximum Gasteiger partial charge on any atom is 0.234 e. The normalized spacial score (nSPS) is 15.8. The number of nitrogens with zero attached hydrogens (tertiary/aromatic N) is 3. The van der Waals surface area contributed by atoms with Crippen LogP contribution in [0.15, 0.2) is 66.7 Å². The molecule has 0 N–H and O–H groups in total. The molecule has 5 nitrogen and oxygen atoms in total. The molecule has 4 aromatic rings. The zero-order valence-corrected chi connectivity index (χ0v) is 19.8. The number of benzene rings is 3. The highest BCUT2D eigenvalue weighted by Gasteiger charge is 2.38. The van der Waals surface area contributed by atoms with E-state index in [0.29, 0.717) is 17.4 Å². The molecular weight excluding hydrogens is 449 g/mol. The first-order valence-corrected chi connectivity index (χ1v) is 12.0. The molecule has 1 unspecified atom stereocenters. The minimum absolute atomic E-state index is 0.116. The lowest BCUT2D eigenvalue weighted by atomic mass is 10.1. The first-order valence-electron chi connectivity index (χ1n) is 11.2. The smallest absolute Gasteiger partial charge is 0.234 e. The molecule has 0 bridgehead atoms. The number of thiazole rings is 1. The van der Waals surface area contributed by atoms with E-state index in [1.54, 1.807) is 21.9 Å². The van der Waals surface area contributed by atoms with Crippen molar-refractivity contribution in [2.75, 3.05) is 16.3 Å². The van der Waals surface area contributed by atoms with Crippen LogP contribution in [0.3, 0.4) is 0 Å². The molecule has 1 atom stereocenters. The molecule has 0 radical (unpaired) electrons. The van der Waals surface area contributed by atoms with Crippen LogP contribution in [-0.2, 0) is 16.1 Å². The summed E-state index contributed by atoms with van der Waals surface area (Å²) >= 11 is 1.51. The average molecular weight is 474 g/mol. The Morgan fingerprint density at radius 2 is 1.76 bits per heavy atom. The Morgan fingerprint density at radius 3 is 2.47 bits per heavy atom. The Hall–Kier alpha value is -3.58. The van der Waals surface area contributed by atoms with Gasteiger partial charge in [-0.05, 0) is 54.8 Å². The van der Waals surface area contributed by atoms with Gasteiger partial charge in [-0.2, -0.15) is 0 Å². The second-order valence-electron chi connectivity index (χ2n) is 8.67. The second-order valence-corrected chi connectivity index (χ2v) is 9.64. The van der Waals surface area contributed by atoms with Crippen LogP contribution in [0.4, 0.5) is 15.2 Å². The number of anilines is 2.